The Kier molecular flexibility index (Phi) is 4.78. The Hall–Kier alpha value is -4.35. The third-order valence-corrected chi connectivity index (χ3v) is 7.75. The number of hydrogen-bond donors (Lipinski definition) is 3. The normalized spacial score (nSPS) is 16.6. The maximum absolute atomic E-state index is 13.2. The minimum Gasteiger partial charge on any atom is -0.385 e. The molecule has 37 heavy (non-hydrogen) atoms. The maximum Gasteiger partial charge on any atom is 0.261 e. The maximum atomic E-state index is 13.2. The van der Waals surface area contributed by atoms with E-state index >= 15 is 0 Å². The Morgan fingerprint density at radius 1 is 1.05 bits per heavy atom. The monoisotopic (exact) mass is 511 g/mol. The lowest BCUT2D eigenvalue weighted by molar-refractivity contribution is -0.122. The highest BCUT2D eigenvalue weighted by Crippen LogP contribution is 2.38. The van der Waals surface area contributed by atoms with E-state index in [1.165, 1.54) is 11.3 Å². The first-order valence-electron chi connectivity index (χ1n) is 11.9. The van der Waals surface area contributed by atoms with Crippen LogP contribution in [0.15, 0.2) is 48.1 Å². The van der Waals surface area contributed by atoms with Crippen molar-refractivity contribution in [3.05, 3.63) is 70.9 Å². The van der Waals surface area contributed by atoms with Gasteiger partial charge in [-0.15, -0.1) is 11.3 Å². The molecule has 2 aliphatic rings. The van der Waals surface area contributed by atoms with Gasteiger partial charge in [-0.2, -0.15) is 0 Å². The third-order valence-electron chi connectivity index (χ3n) is 6.90. The first kappa shape index (κ1) is 21.9. The minimum absolute atomic E-state index is 0.246. The summed E-state index contributed by atoms with van der Waals surface area (Å²) < 4.78 is 2.02. The molecule has 6 heterocycles. The molecule has 4 aromatic heterocycles. The van der Waals surface area contributed by atoms with Gasteiger partial charge in [-0.3, -0.25) is 14.9 Å². The number of H-pyrrole nitrogens is 1. The largest absolute Gasteiger partial charge is 0.385 e. The van der Waals surface area contributed by atoms with Crippen LogP contribution in [0.3, 0.4) is 0 Å². The van der Waals surface area contributed by atoms with Crippen LogP contribution in [-0.2, 0) is 22.7 Å². The summed E-state index contributed by atoms with van der Waals surface area (Å²) in [6.07, 6.45) is 2.87. The molecule has 1 unspecified atom stereocenters. The number of aliphatic hydroxyl groups excluding tert-OH is 1. The summed E-state index contributed by atoms with van der Waals surface area (Å²) in [4.78, 5) is 46.5. The Labute approximate surface area is 214 Å². The number of nitrogens with one attached hydrogen (secondary N) is 2. The standard InChI is InChI=1S/C26H21N7O3S/c1-13(34)22-27-10-14-12-32(7-8-33(14)22)26-29-18-5-3-2-4-16(18)21(30-26)20-19(23(35)31-24(20)36)17-11-28-25-15(17)6-9-37-25/h2-6,9-11,13,28,34H,7-8,12H2,1H3,(H,31,35,36). The van der Waals surface area contributed by atoms with Crippen LogP contribution in [0.5, 0.6) is 0 Å². The van der Waals surface area contributed by atoms with Crippen molar-refractivity contribution >= 4 is 61.4 Å². The van der Waals surface area contributed by atoms with Gasteiger partial charge < -0.3 is 19.6 Å². The second kappa shape index (κ2) is 8.08. The van der Waals surface area contributed by atoms with Crippen LogP contribution >= 0.6 is 11.3 Å². The molecule has 10 nitrogen and oxygen atoms in total. The average molecular weight is 512 g/mol. The van der Waals surface area contributed by atoms with Crippen molar-refractivity contribution < 1.29 is 14.7 Å². The molecule has 0 radical (unpaired) electrons. The number of aromatic nitrogens is 5. The van der Waals surface area contributed by atoms with E-state index in [9.17, 15) is 14.7 Å². The van der Waals surface area contributed by atoms with Crippen LogP contribution in [0.2, 0.25) is 0 Å². The first-order valence-corrected chi connectivity index (χ1v) is 12.8. The predicted molar refractivity (Wildman–Crippen MR) is 140 cm³/mol. The van der Waals surface area contributed by atoms with Gasteiger partial charge in [0.15, 0.2) is 0 Å². The van der Waals surface area contributed by atoms with Crippen molar-refractivity contribution in [3.8, 4) is 0 Å². The number of aliphatic hydroxyl groups is 1. The van der Waals surface area contributed by atoms with Gasteiger partial charge in [-0.05, 0) is 24.4 Å². The second-order valence-corrected chi connectivity index (χ2v) is 10.1. The third kappa shape index (κ3) is 3.31. The zero-order valence-corrected chi connectivity index (χ0v) is 20.5. The molecule has 0 bridgehead atoms. The number of thiophene rings is 1. The molecule has 0 fully saturated rings. The lowest BCUT2D eigenvalue weighted by Crippen LogP contribution is -2.35. The number of benzene rings is 1. The van der Waals surface area contributed by atoms with E-state index in [-0.39, 0.29) is 5.57 Å². The highest BCUT2D eigenvalue weighted by atomic mass is 32.1. The van der Waals surface area contributed by atoms with Crippen molar-refractivity contribution in [1.29, 1.82) is 0 Å². The molecule has 0 aliphatic carbocycles. The molecule has 2 amide bonds. The average Bonchev–Trinajstić information content (AvgIpc) is 3.66. The number of aromatic amines is 1. The van der Waals surface area contributed by atoms with Crippen molar-refractivity contribution in [2.24, 2.45) is 0 Å². The molecule has 0 spiro atoms. The lowest BCUT2D eigenvalue weighted by Gasteiger charge is -2.29. The number of imidazole rings is 1. The second-order valence-electron chi connectivity index (χ2n) is 9.15. The summed E-state index contributed by atoms with van der Waals surface area (Å²) >= 11 is 1.54. The molecule has 184 valence electrons. The number of nitrogens with zero attached hydrogens (tertiary/aromatic N) is 5. The molecule has 5 aromatic rings. The molecule has 11 heteroatoms. The quantitative estimate of drug-likeness (QED) is 0.316. The number of hydrogen-bond acceptors (Lipinski definition) is 8. The highest BCUT2D eigenvalue weighted by molar-refractivity contribution is 7.16. The van der Waals surface area contributed by atoms with Crippen molar-refractivity contribution in [2.75, 3.05) is 11.4 Å². The molecule has 1 aromatic carbocycles. The van der Waals surface area contributed by atoms with Crippen LogP contribution in [0.25, 0.3) is 32.3 Å². The van der Waals surface area contributed by atoms with Gasteiger partial charge in [-0.1, -0.05) is 18.2 Å². The van der Waals surface area contributed by atoms with Crippen molar-refractivity contribution in [2.45, 2.75) is 26.1 Å². The van der Waals surface area contributed by atoms with Crippen LogP contribution in [0.1, 0.15) is 35.8 Å². The Bertz CT molecular complexity index is 1780. The van der Waals surface area contributed by atoms with E-state index in [1.54, 1.807) is 19.3 Å². The number of amides is 2. The van der Waals surface area contributed by atoms with E-state index in [2.05, 4.69) is 15.3 Å². The van der Waals surface area contributed by atoms with Gasteiger partial charge in [0.2, 0.25) is 5.95 Å². The number of fused-ring (bicyclic) bond motifs is 3. The number of para-hydroxylation sites is 1. The number of anilines is 1. The van der Waals surface area contributed by atoms with Gasteiger partial charge in [0.05, 0.1) is 40.8 Å². The Morgan fingerprint density at radius 3 is 2.76 bits per heavy atom. The van der Waals surface area contributed by atoms with Crippen LogP contribution < -0.4 is 10.2 Å². The molecule has 7 rings (SSSR count). The fraction of sp³-hybridized carbons (Fsp3) is 0.192. The van der Waals surface area contributed by atoms with Gasteiger partial charge in [0.25, 0.3) is 11.8 Å². The number of rotatable bonds is 4. The molecular formula is C26H21N7O3S. The molecule has 2 aliphatic heterocycles. The van der Waals surface area contributed by atoms with Gasteiger partial charge in [0.1, 0.15) is 16.8 Å². The van der Waals surface area contributed by atoms with E-state index in [4.69, 9.17) is 9.97 Å². The van der Waals surface area contributed by atoms with E-state index in [0.717, 1.165) is 15.9 Å². The number of carbonyl (C=O) groups is 2. The first-order chi connectivity index (χ1) is 18.0. The Balaban J connectivity index is 1.41. The van der Waals surface area contributed by atoms with Crippen molar-refractivity contribution in [3.63, 3.8) is 0 Å². The van der Waals surface area contributed by atoms with Gasteiger partial charge >= 0.3 is 0 Å². The smallest absolute Gasteiger partial charge is 0.261 e. The fourth-order valence-electron chi connectivity index (χ4n) is 5.20. The van der Waals surface area contributed by atoms with Crippen LogP contribution in [0.4, 0.5) is 5.95 Å². The molecular weight excluding hydrogens is 490 g/mol. The molecule has 1 atom stereocenters. The van der Waals surface area contributed by atoms with E-state index in [0.29, 0.717) is 59.1 Å². The summed E-state index contributed by atoms with van der Waals surface area (Å²) in [5.41, 5.74) is 3.28. The molecule has 3 N–H and O–H groups in total. The number of carbonyl (C=O) groups excluding carboxylic acids is 2. The van der Waals surface area contributed by atoms with E-state index < -0.39 is 17.9 Å². The topological polar surface area (TPSA) is 129 Å². The SMILES string of the molecule is CC(O)c1ncc2n1CCN(c1nc(C3=C(c4c[nH]c5sccc45)C(=O)NC3=O)c3ccccc3n1)C2. The summed E-state index contributed by atoms with van der Waals surface area (Å²) in [6.45, 7) is 3.43. The zero-order chi connectivity index (χ0) is 25.3. The van der Waals surface area contributed by atoms with E-state index in [1.807, 2.05) is 45.2 Å². The minimum atomic E-state index is -0.657. The lowest BCUT2D eigenvalue weighted by atomic mass is 9.97. The summed E-state index contributed by atoms with van der Waals surface area (Å²) in [6, 6.07) is 9.45. The summed E-state index contributed by atoms with van der Waals surface area (Å²) in [5.74, 6) is 0.187. The molecule has 0 saturated carbocycles. The summed E-state index contributed by atoms with van der Waals surface area (Å²) in [7, 11) is 0. The number of imide groups is 1. The molecule has 0 saturated heterocycles. The zero-order valence-electron chi connectivity index (χ0n) is 19.7. The van der Waals surface area contributed by atoms with Crippen molar-refractivity contribution in [1.82, 2.24) is 29.8 Å². The van der Waals surface area contributed by atoms with Crippen LogP contribution in [-0.4, -0.2) is 48.0 Å². The van der Waals surface area contributed by atoms with Gasteiger partial charge in [0, 0.05) is 35.6 Å². The highest BCUT2D eigenvalue weighted by Gasteiger charge is 2.36. The predicted octanol–water partition coefficient (Wildman–Crippen LogP) is 3.01. The van der Waals surface area contributed by atoms with Crippen LogP contribution in [0, 0.1) is 0 Å². The fourth-order valence-corrected chi connectivity index (χ4v) is 5.97. The van der Waals surface area contributed by atoms with Gasteiger partial charge in [-0.25, -0.2) is 15.0 Å². The summed E-state index contributed by atoms with van der Waals surface area (Å²) in [5, 5.41) is 16.0. The Morgan fingerprint density at radius 2 is 1.89 bits per heavy atom.